The van der Waals surface area contributed by atoms with Gasteiger partial charge in [0.25, 0.3) is 0 Å². The number of hydrogen-bond acceptors (Lipinski definition) is 3. The summed E-state index contributed by atoms with van der Waals surface area (Å²) in [4.78, 5) is 33.3. The molecule has 6 heteroatoms. The number of hydrogen-bond donors (Lipinski definition) is 3. The summed E-state index contributed by atoms with van der Waals surface area (Å²) >= 11 is 0. The van der Waals surface area contributed by atoms with Crippen molar-refractivity contribution in [3.05, 3.63) is 0 Å². The van der Waals surface area contributed by atoms with Gasteiger partial charge < -0.3 is 15.7 Å². The van der Waals surface area contributed by atoms with Crippen LogP contribution in [0.3, 0.4) is 0 Å². The third kappa shape index (κ3) is 5.89. The fourth-order valence-corrected chi connectivity index (χ4v) is 1.19. The van der Waals surface area contributed by atoms with Gasteiger partial charge in [-0.25, -0.2) is 0 Å². The molecule has 0 bridgehead atoms. The quantitative estimate of drug-likeness (QED) is 0.586. The molecule has 6 nitrogen and oxygen atoms in total. The molecule has 0 aliphatic carbocycles. The van der Waals surface area contributed by atoms with E-state index in [4.69, 9.17) is 5.11 Å². The van der Waals surface area contributed by atoms with E-state index in [1.54, 1.807) is 6.92 Å². The molecule has 98 valence electrons. The first-order valence-corrected chi connectivity index (χ1v) is 5.67. The van der Waals surface area contributed by atoms with E-state index in [1.165, 1.54) is 6.92 Å². The Bertz CT molecular complexity index is 291. The smallest absolute Gasteiger partial charge is 0.307 e. The van der Waals surface area contributed by atoms with Gasteiger partial charge in [0.05, 0.1) is 5.92 Å². The molecule has 0 aromatic heterocycles. The number of rotatable bonds is 7. The van der Waals surface area contributed by atoms with Crippen molar-refractivity contribution < 1.29 is 19.5 Å². The lowest BCUT2D eigenvalue weighted by Gasteiger charge is -2.15. The van der Waals surface area contributed by atoms with Gasteiger partial charge in [-0.1, -0.05) is 13.8 Å². The first kappa shape index (κ1) is 15.4. The van der Waals surface area contributed by atoms with Gasteiger partial charge in [0.15, 0.2) is 0 Å². The van der Waals surface area contributed by atoms with Crippen molar-refractivity contribution in [3.8, 4) is 0 Å². The fourth-order valence-electron chi connectivity index (χ4n) is 1.19. The largest absolute Gasteiger partial charge is 0.481 e. The molecule has 0 aliphatic heterocycles. The van der Waals surface area contributed by atoms with E-state index >= 15 is 0 Å². The van der Waals surface area contributed by atoms with E-state index in [0.29, 0.717) is 6.54 Å². The first-order chi connectivity index (χ1) is 7.90. The van der Waals surface area contributed by atoms with Crippen molar-refractivity contribution >= 4 is 17.8 Å². The molecule has 0 rings (SSSR count). The van der Waals surface area contributed by atoms with Crippen LogP contribution in [0, 0.1) is 11.8 Å². The Balaban J connectivity index is 3.94. The van der Waals surface area contributed by atoms with Gasteiger partial charge in [-0.2, -0.15) is 0 Å². The molecule has 2 amide bonds. The summed E-state index contributed by atoms with van der Waals surface area (Å²) in [5.74, 6) is -2.83. The van der Waals surface area contributed by atoms with E-state index in [1.807, 2.05) is 6.92 Å². The number of amides is 2. The summed E-state index contributed by atoms with van der Waals surface area (Å²) < 4.78 is 0. The lowest BCUT2D eigenvalue weighted by Crippen LogP contribution is -2.37. The third-order valence-electron chi connectivity index (χ3n) is 2.58. The number of nitrogens with one attached hydrogen (secondary N) is 2. The van der Waals surface area contributed by atoms with Crippen LogP contribution in [-0.4, -0.2) is 36.0 Å². The van der Waals surface area contributed by atoms with Crippen molar-refractivity contribution in [1.82, 2.24) is 10.6 Å². The monoisotopic (exact) mass is 244 g/mol. The predicted molar refractivity (Wildman–Crippen MR) is 62.3 cm³/mol. The van der Waals surface area contributed by atoms with Gasteiger partial charge in [0.2, 0.25) is 11.8 Å². The second-order valence-electron chi connectivity index (χ2n) is 3.91. The number of carbonyl (C=O) groups is 3. The molecule has 0 saturated carbocycles. The zero-order valence-electron chi connectivity index (χ0n) is 10.4. The van der Waals surface area contributed by atoms with Crippen LogP contribution >= 0.6 is 0 Å². The van der Waals surface area contributed by atoms with E-state index < -0.39 is 17.8 Å². The van der Waals surface area contributed by atoms with E-state index in [0.717, 1.165) is 0 Å². The van der Waals surface area contributed by atoms with Crippen LogP contribution in [0.2, 0.25) is 0 Å². The van der Waals surface area contributed by atoms with Gasteiger partial charge in [-0.05, 0) is 6.92 Å². The van der Waals surface area contributed by atoms with Gasteiger partial charge in [0.1, 0.15) is 0 Å². The molecule has 3 N–H and O–H groups in total. The summed E-state index contributed by atoms with van der Waals surface area (Å²) in [5.41, 5.74) is 0. The average molecular weight is 244 g/mol. The molecule has 0 aromatic rings. The maximum absolute atomic E-state index is 11.5. The van der Waals surface area contributed by atoms with Gasteiger partial charge in [-0.3, -0.25) is 14.4 Å². The lowest BCUT2D eigenvalue weighted by molar-refractivity contribution is -0.146. The SMILES string of the molecule is CCNC(=O)CCNC(=O)C(C)C(C)C(=O)O. The molecule has 17 heavy (non-hydrogen) atoms. The van der Waals surface area contributed by atoms with Gasteiger partial charge >= 0.3 is 5.97 Å². The van der Waals surface area contributed by atoms with Crippen LogP contribution in [-0.2, 0) is 14.4 Å². The van der Waals surface area contributed by atoms with E-state index in [2.05, 4.69) is 10.6 Å². The Morgan fingerprint density at radius 3 is 2.18 bits per heavy atom. The van der Waals surface area contributed by atoms with Crippen LogP contribution in [0.1, 0.15) is 27.2 Å². The maximum Gasteiger partial charge on any atom is 0.307 e. The molecule has 0 heterocycles. The normalized spacial score (nSPS) is 13.6. The van der Waals surface area contributed by atoms with Crippen LogP contribution in [0.4, 0.5) is 0 Å². The number of carboxylic acids is 1. The molecule has 2 unspecified atom stereocenters. The predicted octanol–water partition coefficient (Wildman–Crippen LogP) is -0.0144. The molecule has 2 atom stereocenters. The highest BCUT2D eigenvalue weighted by molar-refractivity contribution is 5.84. The Morgan fingerprint density at radius 2 is 1.71 bits per heavy atom. The first-order valence-electron chi connectivity index (χ1n) is 5.67. The van der Waals surface area contributed by atoms with Crippen LogP contribution in [0.25, 0.3) is 0 Å². The zero-order chi connectivity index (χ0) is 13.4. The Morgan fingerprint density at radius 1 is 1.12 bits per heavy atom. The van der Waals surface area contributed by atoms with E-state index in [9.17, 15) is 14.4 Å². The number of aliphatic carboxylic acids is 1. The maximum atomic E-state index is 11.5. The molecular weight excluding hydrogens is 224 g/mol. The van der Waals surface area contributed by atoms with Gasteiger partial charge in [0, 0.05) is 25.4 Å². The molecule has 0 aromatic carbocycles. The molecular formula is C11H20N2O4. The van der Waals surface area contributed by atoms with Crippen molar-refractivity contribution in [2.45, 2.75) is 27.2 Å². The molecule has 0 aliphatic rings. The fraction of sp³-hybridized carbons (Fsp3) is 0.727. The second kappa shape index (κ2) is 7.65. The lowest BCUT2D eigenvalue weighted by atomic mass is 9.95. The topological polar surface area (TPSA) is 95.5 Å². The number of carboxylic acid groups (broad SMARTS) is 1. The minimum absolute atomic E-state index is 0.133. The Kier molecular flexibility index (Phi) is 6.93. The molecule has 0 radical (unpaired) electrons. The van der Waals surface area contributed by atoms with Crippen molar-refractivity contribution in [1.29, 1.82) is 0 Å². The third-order valence-corrected chi connectivity index (χ3v) is 2.58. The molecule has 0 saturated heterocycles. The van der Waals surface area contributed by atoms with Crippen molar-refractivity contribution in [3.63, 3.8) is 0 Å². The zero-order valence-corrected chi connectivity index (χ0v) is 10.4. The summed E-state index contributed by atoms with van der Waals surface area (Å²) in [6, 6.07) is 0. The minimum atomic E-state index is -1.00. The average Bonchev–Trinajstić information content (AvgIpc) is 2.27. The summed E-state index contributed by atoms with van der Waals surface area (Å²) in [5, 5.41) is 13.9. The molecule has 0 spiro atoms. The highest BCUT2D eigenvalue weighted by Gasteiger charge is 2.25. The molecule has 0 fully saturated rings. The van der Waals surface area contributed by atoms with Crippen LogP contribution in [0.15, 0.2) is 0 Å². The minimum Gasteiger partial charge on any atom is -0.481 e. The van der Waals surface area contributed by atoms with Crippen molar-refractivity contribution in [2.75, 3.05) is 13.1 Å². The van der Waals surface area contributed by atoms with E-state index in [-0.39, 0.29) is 24.8 Å². The Hall–Kier alpha value is -1.59. The summed E-state index contributed by atoms with van der Waals surface area (Å²) in [7, 11) is 0. The summed E-state index contributed by atoms with van der Waals surface area (Å²) in [6.07, 6.45) is 0.202. The standard InChI is InChI=1S/C11H20N2O4/c1-4-12-9(14)5-6-13-10(15)7(2)8(3)11(16)17/h7-8H,4-6H2,1-3H3,(H,12,14)(H,13,15)(H,16,17). The van der Waals surface area contributed by atoms with Crippen LogP contribution in [0.5, 0.6) is 0 Å². The second-order valence-corrected chi connectivity index (χ2v) is 3.91. The Labute approximate surface area is 101 Å². The van der Waals surface area contributed by atoms with Crippen molar-refractivity contribution in [2.24, 2.45) is 11.8 Å². The van der Waals surface area contributed by atoms with Gasteiger partial charge in [-0.15, -0.1) is 0 Å². The highest BCUT2D eigenvalue weighted by atomic mass is 16.4. The number of carbonyl (C=O) groups excluding carboxylic acids is 2. The van der Waals surface area contributed by atoms with Crippen LogP contribution < -0.4 is 10.6 Å². The highest BCUT2D eigenvalue weighted by Crippen LogP contribution is 2.10. The summed E-state index contributed by atoms with van der Waals surface area (Å²) in [6.45, 7) is 5.63.